The van der Waals surface area contributed by atoms with Gasteiger partial charge < -0.3 is 10.1 Å². The Kier molecular flexibility index (Phi) is 5.01. The second-order valence-corrected chi connectivity index (χ2v) is 7.35. The van der Waals surface area contributed by atoms with Crippen LogP contribution in [0.4, 0.5) is 5.69 Å². The van der Waals surface area contributed by atoms with E-state index in [-0.39, 0.29) is 0 Å². The monoisotopic (exact) mass is 298 g/mol. The number of sulfonamides is 1. The number of para-hydroxylation sites is 1. The molecule has 0 amide bonds. The molecule has 0 aromatic heterocycles. The minimum Gasteiger partial charge on any atom is -0.382 e. The molecule has 112 valence electrons. The molecule has 0 heterocycles. The van der Waals surface area contributed by atoms with Crippen LogP contribution in [0.1, 0.15) is 12.8 Å². The molecule has 0 atom stereocenters. The summed E-state index contributed by atoms with van der Waals surface area (Å²) in [7, 11) is -0.358. The Labute approximate surface area is 121 Å². The average Bonchev–Trinajstić information content (AvgIpc) is 3.22. The summed E-state index contributed by atoms with van der Waals surface area (Å²) in [5, 5.41) is 3.14. The van der Waals surface area contributed by atoms with E-state index < -0.39 is 10.0 Å². The Hall–Kier alpha value is -1.11. The summed E-state index contributed by atoms with van der Waals surface area (Å²) in [6, 6.07) is 6.94. The highest BCUT2D eigenvalue weighted by Gasteiger charge is 2.22. The number of ether oxygens (including phenoxy) is 1. The first kappa shape index (κ1) is 15.3. The van der Waals surface area contributed by atoms with E-state index in [2.05, 4.69) is 5.32 Å². The van der Waals surface area contributed by atoms with Crippen LogP contribution in [0.15, 0.2) is 29.2 Å². The molecule has 6 heteroatoms. The van der Waals surface area contributed by atoms with Gasteiger partial charge in [0, 0.05) is 27.2 Å². The molecule has 0 bridgehead atoms. The van der Waals surface area contributed by atoms with Gasteiger partial charge in [-0.05, 0) is 30.9 Å². The number of benzene rings is 1. The van der Waals surface area contributed by atoms with E-state index in [1.54, 1.807) is 18.2 Å². The largest absolute Gasteiger partial charge is 0.382 e. The number of nitrogens with zero attached hydrogens (tertiary/aromatic N) is 1. The molecule has 1 aliphatic rings. The van der Waals surface area contributed by atoms with Crippen LogP contribution in [-0.4, -0.2) is 46.6 Å². The average molecular weight is 298 g/mol. The van der Waals surface area contributed by atoms with Crippen molar-refractivity contribution in [1.29, 1.82) is 0 Å². The number of nitrogens with one attached hydrogen (secondary N) is 1. The molecule has 0 radical (unpaired) electrons. The minimum absolute atomic E-state index is 0.298. The van der Waals surface area contributed by atoms with Gasteiger partial charge >= 0.3 is 0 Å². The molecular formula is C14H22N2O3S. The maximum atomic E-state index is 12.2. The smallest absolute Gasteiger partial charge is 0.244 e. The Morgan fingerprint density at radius 3 is 2.65 bits per heavy atom. The molecule has 1 fully saturated rings. The molecule has 5 nitrogen and oxygen atoms in total. The molecule has 1 aliphatic carbocycles. The summed E-state index contributed by atoms with van der Waals surface area (Å²) < 4.78 is 31.1. The summed E-state index contributed by atoms with van der Waals surface area (Å²) >= 11 is 0. The van der Waals surface area contributed by atoms with Crippen LogP contribution >= 0.6 is 0 Å². The summed E-state index contributed by atoms with van der Waals surface area (Å²) in [6.45, 7) is 2.01. The lowest BCUT2D eigenvalue weighted by Crippen LogP contribution is -2.23. The topological polar surface area (TPSA) is 58.6 Å². The highest BCUT2D eigenvalue weighted by molar-refractivity contribution is 7.89. The normalized spacial score (nSPS) is 15.6. The lowest BCUT2D eigenvalue weighted by Gasteiger charge is -2.16. The zero-order valence-corrected chi connectivity index (χ0v) is 12.8. The molecule has 1 aromatic carbocycles. The SMILES string of the molecule is CN(C)S(=O)(=O)c1ccccc1NCCOCC1CC1. The lowest BCUT2D eigenvalue weighted by atomic mass is 10.3. The van der Waals surface area contributed by atoms with E-state index in [1.165, 1.54) is 31.2 Å². The minimum atomic E-state index is -3.42. The Morgan fingerprint density at radius 1 is 1.30 bits per heavy atom. The van der Waals surface area contributed by atoms with Crippen LogP contribution < -0.4 is 5.32 Å². The molecule has 1 N–H and O–H groups in total. The molecule has 0 saturated heterocycles. The standard InChI is InChI=1S/C14H22N2O3S/c1-16(2)20(17,18)14-6-4-3-5-13(14)15-9-10-19-11-12-7-8-12/h3-6,12,15H,7-11H2,1-2H3. The first-order valence-corrected chi connectivity index (χ1v) is 8.29. The zero-order valence-electron chi connectivity index (χ0n) is 12.0. The molecule has 0 aliphatic heterocycles. The Balaban J connectivity index is 1.93. The van der Waals surface area contributed by atoms with Gasteiger partial charge in [-0.3, -0.25) is 0 Å². The van der Waals surface area contributed by atoms with Gasteiger partial charge in [-0.25, -0.2) is 12.7 Å². The van der Waals surface area contributed by atoms with E-state index in [0.29, 0.717) is 23.7 Å². The second-order valence-electron chi connectivity index (χ2n) is 5.23. The van der Waals surface area contributed by atoms with Crippen LogP contribution in [0.3, 0.4) is 0 Å². The molecule has 2 rings (SSSR count). The number of hydrogen-bond donors (Lipinski definition) is 1. The molecule has 1 saturated carbocycles. The van der Waals surface area contributed by atoms with Crippen molar-refractivity contribution in [3.05, 3.63) is 24.3 Å². The molecule has 1 aromatic rings. The quantitative estimate of drug-likeness (QED) is 0.743. The Bertz CT molecular complexity index is 539. The van der Waals surface area contributed by atoms with Gasteiger partial charge in [0.25, 0.3) is 0 Å². The van der Waals surface area contributed by atoms with E-state index in [1.807, 2.05) is 6.07 Å². The Morgan fingerprint density at radius 2 is 2.00 bits per heavy atom. The maximum Gasteiger partial charge on any atom is 0.244 e. The van der Waals surface area contributed by atoms with Crippen molar-refractivity contribution in [2.45, 2.75) is 17.7 Å². The maximum absolute atomic E-state index is 12.2. The molecule has 20 heavy (non-hydrogen) atoms. The van der Waals surface area contributed by atoms with E-state index in [4.69, 9.17) is 4.74 Å². The van der Waals surface area contributed by atoms with Gasteiger partial charge in [-0.15, -0.1) is 0 Å². The van der Waals surface area contributed by atoms with Crippen LogP contribution in [0.2, 0.25) is 0 Å². The van der Waals surface area contributed by atoms with Crippen molar-refractivity contribution >= 4 is 15.7 Å². The summed E-state index contributed by atoms with van der Waals surface area (Å²) in [5.74, 6) is 0.747. The van der Waals surface area contributed by atoms with Crippen molar-refractivity contribution in [1.82, 2.24) is 4.31 Å². The van der Waals surface area contributed by atoms with Gasteiger partial charge in [-0.1, -0.05) is 12.1 Å². The summed E-state index contributed by atoms with van der Waals surface area (Å²) in [5.41, 5.74) is 0.622. The van der Waals surface area contributed by atoms with Gasteiger partial charge in [0.15, 0.2) is 0 Å². The van der Waals surface area contributed by atoms with Crippen molar-refractivity contribution in [3.63, 3.8) is 0 Å². The summed E-state index contributed by atoms with van der Waals surface area (Å²) in [4.78, 5) is 0.298. The number of hydrogen-bond acceptors (Lipinski definition) is 4. The van der Waals surface area contributed by atoms with Crippen LogP contribution in [-0.2, 0) is 14.8 Å². The number of rotatable bonds is 8. The van der Waals surface area contributed by atoms with Crippen molar-refractivity contribution in [2.75, 3.05) is 39.2 Å². The highest BCUT2D eigenvalue weighted by atomic mass is 32.2. The zero-order chi connectivity index (χ0) is 14.6. The first-order chi connectivity index (χ1) is 9.51. The predicted octanol–water partition coefficient (Wildman–Crippen LogP) is 1.78. The van der Waals surface area contributed by atoms with Crippen molar-refractivity contribution in [3.8, 4) is 0 Å². The van der Waals surface area contributed by atoms with Gasteiger partial charge in [0.05, 0.1) is 12.3 Å². The third kappa shape index (κ3) is 3.94. The van der Waals surface area contributed by atoms with Gasteiger partial charge in [0.2, 0.25) is 10.0 Å². The fourth-order valence-corrected chi connectivity index (χ4v) is 2.89. The summed E-state index contributed by atoms with van der Waals surface area (Å²) in [6.07, 6.45) is 2.55. The highest BCUT2D eigenvalue weighted by Crippen LogP contribution is 2.28. The number of anilines is 1. The van der Waals surface area contributed by atoms with Crippen LogP contribution in [0.5, 0.6) is 0 Å². The van der Waals surface area contributed by atoms with Gasteiger partial charge in [0.1, 0.15) is 4.90 Å². The third-order valence-corrected chi connectivity index (χ3v) is 5.13. The van der Waals surface area contributed by atoms with E-state index >= 15 is 0 Å². The third-order valence-electron chi connectivity index (χ3n) is 3.26. The first-order valence-electron chi connectivity index (χ1n) is 6.85. The molecule has 0 unspecified atom stereocenters. The molecule has 0 spiro atoms. The van der Waals surface area contributed by atoms with E-state index in [0.717, 1.165) is 12.5 Å². The lowest BCUT2D eigenvalue weighted by molar-refractivity contribution is 0.134. The van der Waals surface area contributed by atoms with Crippen molar-refractivity contribution in [2.24, 2.45) is 5.92 Å². The van der Waals surface area contributed by atoms with E-state index in [9.17, 15) is 8.42 Å². The van der Waals surface area contributed by atoms with Crippen LogP contribution in [0, 0.1) is 5.92 Å². The van der Waals surface area contributed by atoms with Gasteiger partial charge in [-0.2, -0.15) is 0 Å². The molecular weight excluding hydrogens is 276 g/mol. The second kappa shape index (κ2) is 6.56. The van der Waals surface area contributed by atoms with Crippen molar-refractivity contribution < 1.29 is 13.2 Å². The van der Waals surface area contributed by atoms with Crippen LogP contribution in [0.25, 0.3) is 0 Å². The fraction of sp³-hybridized carbons (Fsp3) is 0.571. The fourth-order valence-electron chi connectivity index (χ4n) is 1.83. The predicted molar refractivity (Wildman–Crippen MR) is 79.3 cm³/mol.